The summed E-state index contributed by atoms with van der Waals surface area (Å²) in [4.78, 5) is 37.2. The van der Waals surface area contributed by atoms with Gasteiger partial charge >= 0.3 is 0 Å². The van der Waals surface area contributed by atoms with Crippen molar-refractivity contribution in [3.8, 4) is 0 Å². The highest BCUT2D eigenvalue weighted by atomic mass is 32.1. The lowest BCUT2D eigenvalue weighted by Crippen LogP contribution is -2.60. The van der Waals surface area contributed by atoms with Crippen LogP contribution >= 0.6 is 12.6 Å². The van der Waals surface area contributed by atoms with Gasteiger partial charge in [0.2, 0.25) is 17.7 Å². The molecule has 1 saturated heterocycles. The van der Waals surface area contributed by atoms with Crippen LogP contribution in [0.25, 0.3) is 0 Å². The van der Waals surface area contributed by atoms with E-state index in [-0.39, 0.29) is 30.1 Å². The van der Waals surface area contributed by atoms with E-state index in [9.17, 15) is 14.4 Å². The van der Waals surface area contributed by atoms with Crippen LogP contribution in [-0.2, 0) is 19.1 Å². The molecule has 1 aliphatic heterocycles. The van der Waals surface area contributed by atoms with Crippen LogP contribution < -0.4 is 10.6 Å². The minimum atomic E-state index is -0.731. The molecule has 1 heterocycles. The maximum absolute atomic E-state index is 12.5. The Morgan fingerprint density at radius 1 is 1.43 bits per heavy atom. The normalized spacial score (nSPS) is 19.8. The van der Waals surface area contributed by atoms with E-state index in [1.807, 2.05) is 6.92 Å². The van der Waals surface area contributed by atoms with Crippen molar-refractivity contribution in [2.45, 2.75) is 32.4 Å². The molecule has 2 N–H and O–H groups in total. The number of nitrogens with one attached hydrogen (secondary N) is 2. The first-order valence-electron chi connectivity index (χ1n) is 7.05. The van der Waals surface area contributed by atoms with Gasteiger partial charge in [-0.25, -0.2) is 0 Å². The second-order valence-corrected chi connectivity index (χ2v) is 5.21. The molecule has 0 aromatic heterocycles. The second kappa shape index (κ2) is 8.89. The van der Waals surface area contributed by atoms with Crippen LogP contribution in [0.5, 0.6) is 0 Å². The van der Waals surface area contributed by atoms with Gasteiger partial charge in [-0.1, -0.05) is 6.92 Å². The van der Waals surface area contributed by atoms with Gasteiger partial charge in [0, 0.05) is 25.8 Å². The molecule has 1 rings (SSSR count). The number of carbonyl (C=O) groups excluding carboxylic acids is 3. The minimum absolute atomic E-state index is 0.167. The number of ether oxygens (including phenoxy) is 1. The Hall–Kier alpha value is -1.28. The molecule has 1 aliphatic rings. The Morgan fingerprint density at radius 2 is 2.14 bits per heavy atom. The van der Waals surface area contributed by atoms with E-state index in [2.05, 4.69) is 23.3 Å². The van der Waals surface area contributed by atoms with E-state index in [4.69, 9.17) is 4.74 Å². The summed E-state index contributed by atoms with van der Waals surface area (Å²) in [7, 11) is 0. The van der Waals surface area contributed by atoms with Crippen LogP contribution in [0, 0.1) is 0 Å². The van der Waals surface area contributed by atoms with Gasteiger partial charge in [0.1, 0.15) is 12.1 Å². The van der Waals surface area contributed by atoms with Gasteiger partial charge in [0.25, 0.3) is 0 Å². The molecule has 0 radical (unpaired) electrons. The molecule has 8 heteroatoms. The van der Waals surface area contributed by atoms with E-state index >= 15 is 0 Å². The average molecular weight is 317 g/mol. The zero-order valence-corrected chi connectivity index (χ0v) is 13.3. The SMILES string of the molecule is CCCNC(=O)C1COCCN1C(=O)C(CS)NC(C)=O. The van der Waals surface area contributed by atoms with Crippen molar-refractivity contribution in [3.63, 3.8) is 0 Å². The van der Waals surface area contributed by atoms with E-state index < -0.39 is 12.1 Å². The van der Waals surface area contributed by atoms with Gasteiger partial charge in [0.05, 0.1) is 13.2 Å². The monoisotopic (exact) mass is 317 g/mol. The Kier molecular flexibility index (Phi) is 7.52. The van der Waals surface area contributed by atoms with Gasteiger partial charge in [-0.2, -0.15) is 12.6 Å². The first kappa shape index (κ1) is 17.8. The summed E-state index contributed by atoms with van der Waals surface area (Å²) in [5.74, 6) is -0.660. The summed E-state index contributed by atoms with van der Waals surface area (Å²) in [6, 6.07) is -1.39. The molecule has 0 saturated carbocycles. The summed E-state index contributed by atoms with van der Waals surface area (Å²) < 4.78 is 5.30. The summed E-state index contributed by atoms with van der Waals surface area (Å²) >= 11 is 4.09. The van der Waals surface area contributed by atoms with Crippen LogP contribution in [0.3, 0.4) is 0 Å². The first-order valence-corrected chi connectivity index (χ1v) is 7.68. The van der Waals surface area contributed by atoms with Crippen molar-refractivity contribution < 1.29 is 19.1 Å². The van der Waals surface area contributed by atoms with Gasteiger partial charge in [-0.15, -0.1) is 0 Å². The highest BCUT2D eigenvalue weighted by molar-refractivity contribution is 7.80. The molecule has 0 aliphatic carbocycles. The lowest BCUT2D eigenvalue weighted by atomic mass is 10.1. The fourth-order valence-electron chi connectivity index (χ4n) is 2.08. The minimum Gasteiger partial charge on any atom is -0.377 e. The molecule has 0 aromatic carbocycles. The second-order valence-electron chi connectivity index (χ2n) is 4.85. The fraction of sp³-hybridized carbons (Fsp3) is 0.769. The third kappa shape index (κ3) is 5.20. The average Bonchev–Trinajstić information content (AvgIpc) is 2.49. The van der Waals surface area contributed by atoms with E-state index in [0.717, 1.165) is 6.42 Å². The molecular weight excluding hydrogens is 294 g/mol. The van der Waals surface area contributed by atoms with Crippen molar-refractivity contribution >= 4 is 30.4 Å². The molecule has 0 aromatic rings. The third-order valence-electron chi connectivity index (χ3n) is 3.12. The van der Waals surface area contributed by atoms with Gasteiger partial charge in [-0.3, -0.25) is 14.4 Å². The summed E-state index contributed by atoms with van der Waals surface area (Å²) in [6.45, 7) is 4.72. The van der Waals surface area contributed by atoms with Crippen molar-refractivity contribution in [3.05, 3.63) is 0 Å². The summed E-state index contributed by atoms with van der Waals surface area (Å²) in [5, 5.41) is 5.32. The molecule has 0 bridgehead atoms. The largest absolute Gasteiger partial charge is 0.377 e. The molecule has 120 valence electrons. The van der Waals surface area contributed by atoms with Crippen molar-refractivity contribution in [2.75, 3.05) is 32.1 Å². The van der Waals surface area contributed by atoms with Crippen molar-refractivity contribution in [2.24, 2.45) is 0 Å². The number of thiol groups is 1. The lowest BCUT2D eigenvalue weighted by Gasteiger charge is -2.36. The van der Waals surface area contributed by atoms with E-state index in [1.165, 1.54) is 11.8 Å². The molecular formula is C13H23N3O4S. The number of hydrogen-bond acceptors (Lipinski definition) is 5. The maximum atomic E-state index is 12.5. The quantitative estimate of drug-likeness (QED) is 0.558. The highest BCUT2D eigenvalue weighted by Gasteiger charge is 2.35. The predicted molar refractivity (Wildman–Crippen MR) is 81.1 cm³/mol. The molecule has 1 fully saturated rings. The Bertz CT molecular complexity index is 392. The molecule has 2 unspecified atom stereocenters. The van der Waals surface area contributed by atoms with Crippen LogP contribution in [0.4, 0.5) is 0 Å². The van der Waals surface area contributed by atoms with E-state index in [0.29, 0.717) is 19.7 Å². The van der Waals surface area contributed by atoms with Crippen LogP contribution in [0.1, 0.15) is 20.3 Å². The number of amides is 3. The van der Waals surface area contributed by atoms with Crippen LogP contribution in [0.15, 0.2) is 0 Å². The van der Waals surface area contributed by atoms with Gasteiger partial charge in [-0.05, 0) is 6.42 Å². The summed E-state index contributed by atoms with van der Waals surface area (Å²) in [5.41, 5.74) is 0. The molecule has 2 atom stereocenters. The molecule has 3 amide bonds. The maximum Gasteiger partial charge on any atom is 0.246 e. The van der Waals surface area contributed by atoms with E-state index in [1.54, 1.807) is 0 Å². The number of nitrogens with zero attached hydrogens (tertiary/aromatic N) is 1. The summed E-state index contributed by atoms with van der Waals surface area (Å²) in [6.07, 6.45) is 0.818. The van der Waals surface area contributed by atoms with Crippen LogP contribution in [0.2, 0.25) is 0 Å². The molecule has 7 nitrogen and oxygen atoms in total. The zero-order chi connectivity index (χ0) is 15.8. The Morgan fingerprint density at radius 3 is 2.71 bits per heavy atom. The van der Waals surface area contributed by atoms with Gasteiger partial charge in [0.15, 0.2) is 0 Å². The molecule has 0 spiro atoms. The number of hydrogen-bond donors (Lipinski definition) is 3. The molecule has 21 heavy (non-hydrogen) atoms. The number of rotatable bonds is 6. The Balaban J connectivity index is 2.76. The first-order chi connectivity index (χ1) is 10.0. The van der Waals surface area contributed by atoms with Crippen molar-refractivity contribution in [1.82, 2.24) is 15.5 Å². The lowest BCUT2D eigenvalue weighted by molar-refractivity contribution is -0.150. The smallest absolute Gasteiger partial charge is 0.246 e. The highest BCUT2D eigenvalue weighted by Crippen LogP contribution is 2.10. The fourth-order valence-corrected chi connectivity index (χ4v) is 2.33. The standard InChI is InChI=1S/C13H23N3O4S/c1-3-4-14-12(18)11-7-20-6-5-16(11)13(19)10(8-21)15-9(2)17/h10-11,21H,3-8H2,1-2H3,(H,14,18)(H,15,17). The van der Waals surface area contributed by atoms with Gasteiger partial charge < -0.3 is 20.3 Å². The topological polar surface area (TPSA) is 87.7 Å². The predicted octanol–water partition coefficient (Wildman–Crippen LogP) is -0.825. The van der Waals surface area contributed by atoms with Crippen LogP contribution in [-0.4, -0.2) is 66.8 Å². The number of morpholine rings is 1. The zero-order valence-electron chi connectivity index (χ0n) is 12.4. The number of carbonyl (C=O) groups is 3. The Labute approximate surface area is 130 Å². The van der Waals surface area contributed by atoms with Crippen molar-refractivity contribution in [1.29, 1.82) is 0 Å². The third-order valence-corrected chi connectivity index (χ3v) is 3.49.